The van der Waals surface area contributed by atoms with Crippen molar-refractivity contribution in [1.29, 1.82) is 0 Å². The molecular weight excluding hydrogens is 486 g/mol. The van der Waals surface area contributed by atoms with Crippen molar-refractivity contribution in [3.05, 3.63) is 61.1 Å². The van der Waals surface area contributed by atoms with Gasteiger partial charge in [0.1, 0.15) is 5.82 Å². The third kappa shape index (κ3) is 5.46. The molecule has 0 spiro atoms. The van der Waals surface area contributed by atoms with E-state index in [0.29, 0.717) is 12.1 Å². The molecule has 0 atom stereocenters. The van der Waals surface area contributed by atoms with E-state index in [1.165, 1.54) is 0 Å². The van der Waals surface area contributed by atoms with Crippen molar-refractivity contribution in [3.8, 4) is 5.69 Å². The minimum Gasteiger partial charge on any atom is -0.335 e. The molecule has 0 aliphatic heterocycles. The molecule has 2 rings (SSSR count). The third-order valence-electron chi connectivity index (χ3n) is 3.86. The Morgan fingerprint density at radius 3 is 2.34 bits per heavy atom. The second kappa shape index (κ2) is 8.91. The van der Waals surface area contributed by atoms with Gasteiger partial charge in [0.2, 0.25) is 0 Å². The number of nitrogens with two attached hydrogens (primary N) is 1. The lowest BCUT2D eigenvalue weighted by Crippen LogP contribution is -2.45. The van der Waals surface area contributed by atoms with Gasteiger partial charge in [-0.25, -0.2) is 23.2 Å². The van der Waals surface area contributed by atoms with Gasteiger partial charge in [-0.1, -0.05) is 25.4 Å². The molecule has 176 valence electrons. The highest BCUT2D eigenvalue weighted by Crippen LogP contribution is 2.27. The second-order valence-corrected chi connectivity index (χ2v) is 8.72. The minimum atomic E-state index is -5.16. The molecule has 0 radical (unpaired) electrons. The SMILES string of the molecule is CC(C)CNS(=O)(=O)NC(=O)c1cc(-n2c(=O)cc(C(F)(F)F)n(N)c2=O)c(F)cc1Cl. The highest BCUT2D eigenvalue weighted by Gasteiger charge is 2.36. The molecule has 0 bridgehead atoms. The maximum Gasteiger partial charge on any atom is 0.433 e. The van der Waals surface area contributed by atoms with E-state index in [1.807, 2.05) is 0 Å². The molecule has 0 saturated heterocycles. The molecule has 0 fully saturated rings. The van der Waals surface area contributed by atoms with E-state index in [1.54, 1.807) is 18.6 Å². The van der Waals surface area contributed by atoms with Crippen LogP contribution in [0.25, 0.3) is 5.69 Å². The number of benzene rings is 1. The van der Waals surface area contributed by atoms with E-state index in [0.717, 1.165) is 0 Å². The number of rotatable bonds is 6. The molecule has 1 aromatic carbocycles. The lowest BCUT2D eigenvalue weighted by molar-refractivity contribution is -0.143. The molecular formula is C16H16ClF4N5O5S. The predicted molar refractivity (Wildman–Crippen MR) is 106 cm³/mol. The Labute approximate surface area is 182 Å². The molecule has 16 heteroatoms. The maximum absolute atomic E-state index is 14.4. The molecule has 2 aromatic rings. The number of carbonyl (C=O) groups is 1. The molecule has 0 aliphatic rings. The molecule has 1 heterocycles. The first kappa shape index (κ1) is 25.4. The zero-order valence-electron chi connectivity index (χ0n) is 16.3. The summed E-state index contributed by atoms with van der Waals surface area (Å²) in [5, 5.41) is -0.601. The summed E-state index contributed by atoms with van der Waals surface area (Å²) in [6.45, 7) is 3.36. The summed E-state index contributed by atoms with van der Waals surface area (Å²) in [6, 6.07) is 0.959. The maximum atomic E-state index is 14.4. The first-order valence-corrected chi connectivity index (χ1v) is 10.4. The summed E-state index contributed by atoms with van der Waals surface area (Å²) >= 11 is 5.78. The van der Waals surface area contributed by atoms with Crippen molar-refractivity contribution in [1.82, 2.24) is 18.7 Å². The van der Waals surface area contributed by atoms with Crippen LogP contribution in [0, 0.1) is 11.7 Å². The number of carbonyl (C=O) groups excluding carboxylic acids is 1. The number of nitrogen functional groups attached to an aromatic ring is 1. The van der Waals surface area contributed by atoms with Crippen LogP contribution < -0.4 is 26.5 Å². The first-order valence-electron chi connectivity index (χ1n) is 8.57. The van der Waals surface area contributed by atoms with E-state index >= 15 is 0 Å². The molecule has 0 saturated carbocycles. The summed E-state index contributed by atoms with van der Waals surface area (Å²) < 4.78 is 80.3. The molecule has 32 heavy (non-hydrogen) atoms. The van der Waals surface area contributed by atoms with E-state index < -0.39 is 66.0 Å². The van der Waals surface area contributed by atoms with Crippen LogP contribution in [0.5, 0.6) is 0 Å². The molecule has 1 aromatic heterocycles. The zero-order valence-corrected chi connectivity index (χ0v) is 17.9. The van der Waals surface area contributed by atoms with Crippen LogP contribution in [0.1, 0.15) is 29.9 Å². The summed E-state index contributed by atoms with van der Waals surface area (Å²) in [7, 11) is -4.35. The van der Waals surface area contributed by atoms with Gasteiger partial charge >= 0.3 is 22.1 Å². The van der Waals surface area contributed by atoms with Gasteiger partial charge in [-0.15, -0.1) is 0 Å². The molecule has 10 nitrogen and oxygen atoms in total. The minimum absolute atomic E-state index is 0.0258. The van der Waals surface area contributed by atoms with E-state index in [4.69, 9.17) is 17.4 Å². The second-order valence-electron chi connectivity index (χ2n) is 6.81. The van der Waals surface area contributed by atoms with Crippen LogP contribution in [0.3, 0.4) is 0 Å². The zero-order chi connectivity index (χ0) is 24.6. The van der Waals surface area contributed by atoms with Crippen LogP contribution in [0.4, 0.5) is 17.6 Å². The fourth-order valence-electron chi connectivity index (χ4n) is 2.37. The van der Waals surface area contributed by atoms with Gasteiger partial charge in [-0.05, 0) is 18.1 Å². The van der Waals surface area contributed by atoms with Gasteiger partial charge in [0, 0.05) is 12.6 Å². The molecule has 1 amide bonds. The van der Waals surface area contributed by atoms with E-state index in [2.05, 4.69) is 4.72 Å². The summed E-state index contributed by atoms with van der Waals surface area (Å²) in [6.07, 6.45) is -5.16. The number of amides is 1. The van der Waals surface area contributed by atoms with E-state index in [9.17, 15) is 40.4 Å². The number of alkyl halides is 3. The monoisotopic (exact) mass is 501 g/mol. The number of aromatic nitrogens is 2. The molecule has 0 aliphatic carbocycles. The number of hydrogen-bond acceptors (Lipinski definition) is 6. The molecule has 4 N–H and O–H groups in total. The highest BCUT2D eigenvalue weighted by atomic mass is 35.5. The van der Waals surface area contributed by atoms with Gasteiger partial charge < -0.3 is 5.84 Å². The van der Waals surface area contributed by atoms with Crippen molar-refractivity contribution in [2.45, 2.75) is 20.0 Å². The lowest BCUT2D eigenvalue weighted by atomic mass is 10.1. The quantitative estimate of drug-likeness (QED) is 0.393. The Morgan fingerprint density at radius 2 is 1.81 bits per heavy atom. The Bertz CT molecular complexity index is 1290. The van der Waals surface area contributed by atoms with E-state index in [-0.39, 0.29) is 23.1 Å². The fourth-order valence-corrected chi connectivity index (χ4v) is 3.58. The highest BCUT2D eigenvalue weighted by molar-refractivity contribution is 7.88. The van der Waals surface area contributed by atoms with Crippen LogP contribution in [0.2, 0.25) is 5.02 Å². The topological polar surface area (TPSA) is 145 Å². The Hall–Kier alpha value is -2.91. The van der Waals surface area contributed by atoms with Gasteiger partial charge in [0.25, 0.3) is 11.5 Å². The summed E-state index contributed by atoms with van der Waals surface area (Å²) in [5.41, 5.74) is -6.84. The molecule has 0 unspecified atom stereocenters. The van der Waals surface area contributed by atoms with Crippen LogP contribution >= 0.6 is 11.6 Å². The largest absolute Gasteiger partial charge is 0.433 e. The van der Waals surface area contributed by atoms with Crippen molar-refractivity contribution < 1.29 is 30.8 Å². The number of hydrogen-bond donors (Lipinski definition) is 3. The van der Waals surface area contributed by atoms with Crippen molar-refractivity contribution in [3.63, 3.8) is 0 Å². The standard InChI is InChI=1S/C16H16ClF4N5O5S/c1-7(2)6-23-32(30,31)24-14(28)8-3-11(10(18)4-9(8)17)25-13(27)5-12(16(19,20)21)26(22)15(25)29/h3-5,7,23H,6,22H2,1-2H3,(H,24,28). The van der Waals surface area contributed by atoms with Gasteiger partial charge in [-0.2, -0.15) is 26.3 Å². The number of nitrogens with zero attached hydrogens (tertiary/aromatic N) is 2. The third-order valence-corrected chi connectivity index (χ3v) is 5.17. The fraction of sp³-hybridized carbons (Fsp3) is 0.312. The normalized spacial score (nSPS) is 12.2. The summed E-state index contributed by atoms with van der Waals surface area (Å²) in [4.78, 5) is 36.8. The summed E-state index contributed by atoms with van der Waals surface area (Å²) in [5.74, 6) is 2.27. The average Bonchev–Trinajstić information content (AvgIpc) is 2.63. The van der Waals surface area contributed by atoms with Gasteiger partial charge in [-0.3, -0.25) is 9.59 Å². The van der Waals surface area contributed by atoms with Crippen molar-refractivity contribution in [2.75, 3.05) is 12.4 Å². The Morgan fingerprint density at radius 1 is 1.22 bits per heavy atom. The van der Waals surface area contributed by atoms with Gasteiger partial charge in [0.05, 0.1) is 16.3 Å². The average molecular weight is 502 g/mol. The Kier molecular flexibility index (Phi) is 7.06. The number of halogens is 5. The predicted octanol–water partition coefficient (Wildman–Crippen LogP) is 0.745. The van der Waals surface area contributed by atoms with Crippen molar-refractivity contribution in [2.24, 2.45) is 5.92 Å². The number of nitrogens with one attached hydrogen (secondary N) is 2. The van der Waals surface area contributed by atoms with Crippen LogP contribution in [0.15, 0.2) is 27.8 Å². The van der Waals surface area contributed by atoms with Crippen LogP contribution in [-0.4, -0.2) is 30.1 Å². The van der Waals surface area contributed by atoms with Crippen LogP contribution in [-0.2, 0) is 16.4 Å². The smallest absolute Gasteiger partial charge is 0.335 e. The van der Waals surface area contributed by atoms with Crippen molar-refractivity contribution >= 4 is 27.7 Å². The Balaban J connectivity index is 2.60. The lowest BCUT2D eigenvalue weighted by Gasteiger charge is -2.15. The first-order chi connectivity index (χ1) is 14.5. The van der Waals surface area contributed by atoms with Gasteiger partial charge in [0.15, 0.2) is 5.69 Å².